The number of nitrogens with zero attached hydrogens (tertiary/aromatic N) is 2. The average Bonchev–Trinajstić information content (AvgIpc) is 2.38. The number of phenolic OH excluding ortho intramolecular Hbond substituents is 1. The molecule has 0 atom stereocenters. The van der Waals surface area contributed by atoms with Crippen molar-refractivity contribution in [1.82, 2.24) is 9.97 Å². The summed E-state index contributed by atoms with van der Waals surface area (Å²) < 4.78 is 0. The van der Waals surface area contributed by atoms with Crippen molar-refractivity contribution in [3.05, 3.63) is 53.2 Å². The number of para-hydroxylation sites is 1. The van der Waals surface area contributed by atoms with Gasteiger partial charge in [-0.2, -0.15) is 0 Å². The van der Waals surface area contributed by atoms with Crippen LogP contribution in [-0.2, 0) is 0 Å². The third-order valence-corrected chi connectivity index (χ3v) is 3.24. The van der Waals surface area contributed by atoms with Crippen LogP contribution < -0.4 is 0 Å². The minimum absolute atomic E-state index is 0.206. The van der Waals surface area contributed by atoms with Crippen LogP contribution in [-0.4, -0.2) is 15.1 Å². The summed E-state index contributed by atoms with van der Waals surface area (Å²) in [5.41, 5.74) is 3.81. The SMILES string of the molecule is Cc1nc2cccc(Cl)c2nc1-c1cccc(O)c1. The predicted octanol–water partition coefficient (Wildman–Crippen LogP) is 3.96. The molecule has 0 unspecified atom stereocenters. The lowest BCUT2D eigenvalue weighted by Crippen LogP contribution is -1.94. The Morgan fingerprint density at radius 2 is 1.84 bits per heavy atom. The zero-order valence-corrected chi connectivity index (χ0v) is 11.0. The minimum Gasteiger partial charge on any atom is -0.508 e. The summed E-state index contributed by atoms with van der Waals surface area (Å²) in [6.07, 6.45) is 0. The Morgan fingerprint density at radius 3 is 2.63 bits per heavy atom. The van der Waals surface area contributed by atoms with Gasteiger partial charge in [-0.3, -0.25) is 0 Å². The molecule has 3 nitrogen and oxygen atoms in total. The second-order valence-corrected chi connectivity index (χ2v) is 4.72. The molecule has 0 aliphatic rings. The molecule has 0 bridgehead atoms. The molecule has 0 aliphatic carbocycles. The van der Waals surface area contributed by atoms with Gasteiger partial charge in [0, 0.05) is 5.56 Å². The van der Waals surface area contributed by atoms with E-state index in [9.17, 15) is 5.11 Å². The van der Waals surface area contributed by atoms with Gasteiger partial charge in [0.05, 0.1) is 21.9 Å². The monoisotopic (exact) mass is 270 g/mol. The van der Waals surface area contributed by atoms with Crippen LogP contribution in [0.15, 0.2) is 42.5 Å². The van der Waals surface area contributed by atoms with Crippen LogP contribution in [0.4, 0.5) is 0 Å². The maximum absolute atomic E-state index is 9.56. The van der Waals surface area contributed by atoms with E-state index in [4.69, 9.17) is 11.6 Å². The summed E-state index contributed by atoms with van der Waals surface area (Å²) in [5.74, 6) is 0.206. The number of benzene rings is 2. The maximum Gasteiger partial charge on any atom is 0.116 e. The fraction of sp³-hybridized carbons (Fsp3) is 0.0667. The van der Waals surface area contributed by atoms with Crippen molar-refractivity contribution >= 4 is 22.6 Å². The number of aromatic nitrogens is 2. The van der Waals surface area contributed by atoms with E-state index >= 15 is 0 Å². The van der Waals surface area contributed by atoms with Gasteiger partial charge in [0.1, 0.15) is 11.3 Å². The lowest BCUT2D eigenvalue weighted by Gasteiger charge is -2.08. The van der Waals surface area contributed by atoms with Gasteiger partial charge in [-0.15, -0.1) is 0 Å². The number of hydrogen-bond acceptors (Lipinski definition) is 3. The van der Waals surface area contributed by atoms with E-state index in [2.05, 4.69) is 9.97 Å². The standard InChI is InChI=1S/C15H11ClN2O/c1-9-14(10-4-2-5-11(19)8-10)18-15-12(16)6-3-7-13(15)17-9/h2-8,19H,1H3. The number of aryl methyl sites for hydroxylation is 1. The quantitative estimate of drug-likeness (QED) is 0.728. The first kappa shape index (κ1) is 11.9. The normalized spacial score (nSPS) is 10.8. The fourth-order valence-electron chi connectivity index (χ4n) is 2.06. The zero-order valence-electron chi connectivity index (χ0n) is 10.3. The average molecular weight is 271 g/mol. The van der Waals surface area contributed by atoms with Gasteiger partial charge in [-0.05, 0) is 31.2 Å². The summed E-state index contributed by atoms with van der Waals surface area (Å²) in [6, 6.07) is 12.5. The molecule has 0 fully saturated rings. The summed E-state index contributed by atoms with van der Waals surface area (Å²) in [5, 5.41) is 10.1. The number of halogens is 1. The van der Waals surface area contributed by atoms with E-state index < -0.39 is 0 Å². The number of phenols is 1. The first-order chi connectivity index (χ1) is 9.15. The molecule has 19 heavy (non-hydrogen) atoms. The first-order valence-electron chi connectivity index (χ1n) is 5.87. The summed E-state index contributed by atoms with van der Waals surface area (Å²) in [4.78, 5) is 9.09. The molecule has 0 spiro atoms. The van der Waals surface area contributed by atoms with Gasteiger partial charge in [0.2, 0.25) is 0 Å². The van der Waals surface area contributed by atoms with Gasteiger partial charge in [-0.25, -0.2) is 9.97 Å². The Balaban J connectivity index is 2.29. The van der Waals surface area contributed by atoms with Gasteiger partial charge >= 0.3 is 0 Å². The summed E-state index contributed by atoms with van der Waals surface area (Å²) in [6.45, 7) is 1.90. The van der Waals surface area contributed by atoms with E-state index in [0.717, 1.165) is 22.5 Å². The summed E-state index contributed by atoms with van der Waals surface area (Å²) in [7, 11) is 0. The lowest BCUT2D eigenvalue weighted by molar-refractivity contribution is 0.475. The van der Waals surface area contributed by atoms with Crippen LogP contribution in [0, 0.1) is 6.92 Å². The van der Waals surface area contributed by atoms with Crippen molar-refractivity contribution < 1.29 is 5.11 Å². The number of fused-ring (bicyclic) bond motifs is 1. The number of hydrogen-bond donors (Lipinski definition) is 1. The Bertz CT molecular complexity index is 771. The van der Waals surface area contributed by atoms with E-state index in [0.29, 0.717) is 10.5 Å². The smallest absolute Gasteiger partial charge is 0.116 e. The van der Waals surface area contributed by atoms with Gasteiger partial charge < -0.3 is 5.11 Å². The zero-order chi connectivity index (χ0) is 13.4. The highest BCUT2D eigenvalue weighted by Gasteiger charge is 2.10. The highest BCUT2D eigenvalue weighted by Crippen LogP contribution is 2.28. The van der Waals surface area contributed by atoms with Crippen LogP contribution in [0.2, 0.25) is 5.02 Å². The second kappa shape index (κ2) is 4.52. The largest absolute Gasteiger partial charge is 0.508 e. The second-order valence-electron chi connectivity index (χ2n) is 4.32. The van der Waals surface area contributed by atoms with E-state index in [1.54, 1.807) is 24.3 Å². The molecular formula is C15H11ClN2O. The molecule has 1 heterocycles. The first-order valence-corrected chi connectivity index (χ1v) is 6.25. The highest BCUT2D eigenvalue weighted by molar-refractivity contribution is 6.34. The third-order valence-electron chi connectivity index (χ3n) is 2.94. The third kappa shape index (κ3) is 2.13. The van der Waals surface area contributed by atoms with Crippen molar-refractivity contribution in [3.8, 4) is 17.0 Å². The molecule has 2 aromatic carbocycles. The molecular weight excluding hydrogens is 260 g/mol. The van der Waals surface area contributed by atoms with Crippen LogP contribution in [0.3, 0.4) is 0 Å². The Morgan fingerprint density at radius 1 is 1.05 bits per heavy atom. The topological polar surface area (TPSA) is 46.0 Å². The van der Waals surface area contributed by atoms with Crippen molar-refractivity contribution in [1.29, 1.82) is 0 Å². The molecule has 0 aliphatic heterocycles. The number of rotatable bonds is 1. The molecule has 0 saturated carbocycles. The van der Waals surface area contributed by atoms with Gasteiger partial charge in [0.25, 0.3) is 0 Å². The molecule has 0 amide bonds. The molecule has 4 heteroatoms. The fourth-order valence-corrected chi connectivity index (χ4v) is 2.27. The minimum atomic E-state index is 0.206. The lowest BCUT2D eigenvalue weighted by atomic mass is 10.1. The van der Waals surface area contributed by atoms with Crippen LogP contribution in [0.25, 0.3) is 22.3 Å². The Hall–Kier alpha value is -2.13. The van der Waals surface area contributed by atoms with Crippen molar-refractivity contribution in [3.63, 3.8) is 0 Å². The van der Waals surface area contributed by atoms with E-state index in [1.807, 2.05) is 25.1 Å². The highest BCUT2D eigenvalue weighted by atomic mass is 35.5. The molecule has 3 rings (SSSR count). The summed E-state index contributed by atoms with van der Waals surface area (Å²) >= 11 is 6.15. The molecule has 94 valence electrons. The molecule has 0 radical (unpaired) electrons. The Labute approximate surface area is 115 Å². The van der Waals surface area contributed by atoms with E-state index in [-0.39, 0.29) is 5.75 Å². The van der Waals surface area contributed by atoms with E-state index in [1.165, 1.54) is 0 Å². The van der Waals surface area contributed by atoms with Crippen molar-refractivity contribution in [2.24, 2.45) is 0 Å². The molecule has 1 N–H and O–H groups in total. The molecule has 0 saturated heterocycles. The molecule has 3 aromatic rings. The van der Waals surface area contributed by atoms with Crippen LogP contribution in [0.1, 0.15) is 5.69 Å². The van der Waals surface area contributed by atoms with Gasteiger partial charge in [0.15, 0.2) is 0 Å². The van der Waals surface area contributed by atoms with Gasteiger partial charge in [-0.1, -0.05) is 29.8 Å². The predicted molar refractivity (Wildman–Crippen MR) is 76.4 cm³/mol. The van der Waals surface area contributed by atoms with Crippen molar-refractivity contribution in [2.45, 2.75) is 6.92 Å². The molecule has 1 aromatic heterocycles. The van der Waals surface area contributed by atoms with Crippen molar-refractivity contribution in [2.75, 3.05) is 0 Å². The number of aromatic hydroxyl groups is 1. The Kier molecular flexibility index (Phi) is 2.84. The van der Waals surface area contributed by atoms with Crippen LogP contribution >= 0.6 is 11.6 Å². The maximum atomic E-state index is 9.56. The van der Waals surface area contributed by atoms with Crippen LogP contribution in [0.5, 0.6) is 5.75 Å².